The second kappa shape index (κ2) is 13.3. The molecule has 180 valence electrons. The van der Waals surface area contributed by atoms with Crippen LogP contribution in [0.5, 0.6) is 0 Å². The number of rotatable bonds is 14. The minimum Gasteiger partial charge on any atom is -0.390 e. The van der Waals surface area contributed by atoms with Crippen molar-refractivity contribution in [1.29, 1.82) is 10.5 Å². The predicted octanol–water partition coefficient (Wildman–Crippen LogP) is 0.402. The fraction of sp³-hybridized carbons (Fsp3) is 0.875. The Morgan fingerprint density at radius 2 is 1.48 bits per heavy atom. The van der Waals surface area contributed by atoms with Gasteiger partial charge in [-0.2, -0.15) is 10.5 Å². The first kappa shape index (κ1) is 28.4. The van der Waals surface area contributed by atoms with Crippen molar-refractivity contribution in [3.05, 3.63) is 0 Å². The molecule has 2 heterocycles. The van der Waals surface area contributed by atoms with Crippen molar-refractivity contribution in [2.75, 3.05) is 26.4 Å². The molecule has 2 aliphatic rings. The van der Waals surface area contributed by atoms with Crippen molar-refractivity contribution in [1.82, 2.24) is 0 Å². The summed E-state index contributed by atoms with van der Waals surface area (Å²) in [5.41, 5.74) is 0. The first-order chi connectivity index (χ1) is 15.6. The van der Waals surface area contributed by atoms with Crippen LogP contribution in [-0.4, -0.2) is 88.5 Å². The lowest BCUT2D eigenvalue weighted by molar-refractivity contribution is -0.0302. The molecule has 2 aliphatic heterocycles. The van der Waals surface area contributed by atoms with E-state index in [2.05, 4.69) is 4.52 Å². The van der Waals surface area contributed by atoms with E-state index in [0.717, 1.165) is 0 Å². The zero-order chi connectivity index (χ0) is 24.5. The van der Waals surface area contributed by atoms with E-state index in [1.54, 1.807) is 6.07 Å². The minimum atomic E-state index is -4.49. The van der Waals surface area contributed by atoms with Crippen molar-refractivity contribution in [3.63, 3.8) is 0 Å². The highest BCUT2D eigenvalue weighted by molar-refractivity contribution is 7.48. The Kier molecular flexibility index (Phi) is 11.5. The molecule has 0 bridgehead atoms. The minimum absolute atomic E-state index is 0.0153. The standard InChI is InChI=1S/C16H24B2N2O11P2/c17-15-7-11(21)13(29-15)9-28-33(24,26-6-2-4-20)31-12-8-16(18)30-14(12)10-27-32(22,23)25-5-1-3-19/h11-16,21H,1-2,5-10H2,(H,22,23)/t11?,12?,13-,14-,15-,16-,33?/m1/s1. The van der Waals surface area contributed by atoms with Crippen LogP contribution in [0.1, 0.15) is 25.7 Å². The van der Waals surface area contributed by atoms with Gasteiger partial charge in [-0.05, 0) is 12.8 Å². The maximum absolute atomic E-state index is 13.2. The highest BCUT2D eigenvalue weighted by Gasteiger charge is 2.43. The lowest BCUT2D eigenvalue weighted by Gasteiger charge is -2.26. The van der Waals surface area contributed by atoms with E-state index >= 15 is 0 Å². The van der Waals surface area contributed by atoms with Gasteiger partial charge in [-0.1, -0.05) is 0 Å². The van der Waals surface area contributed by atoms with E-state index < -0.39 is 58.7 Å². The quantitative estimate of drug-likeness (QED) is 0.188. The van der Waals surface area contributed by atoms with Gasteiger partial charge < -0.3 is 19.5 Å². The Morgan fingerprint density at radius 1 is 0.909 bits per heavy atom. The Bertz CT molecular complexity index is 810. The summed E-state index contributed by atoms with van der Waals surface area (Å²) in [6.45, 7) is -1.49. The summed E-state index contributed by atoms with van der Waals surface area (Å²) >= 11 is 0. The molecule has 33 heavy (non-hydrogen) atoms. The first-order valence-corrected chi connectivity index (χ1v) is 13.0. The summed E-state index contributed by atoms with van der Waals surface area (Å²) in [5, 5.41) is 27.1. The summed E-state index contributed by atoms with van der Waals surface area (Å²) in [6, 6.07) is 2.00. The molecule has 0 saturated carbocycles. The van der Waals surface area contributed by atoms with Crippen molar-refractivity contribution in [2.24, 2.45) is 0 Å². The Labute approximate surface area is 194 Å². The monoisotopic (exact) mass is 504 g/mol. The third-order valence-electron chi connectivity index (χ3n) is 4.48. The number of aliphatic hydroxyl groups is 1. The van der Waals surface area contributed by atoms with Crippen molar-refractivity contribution >= 4 is 31.3 Å². The van der Waals surface area contributed by atoms with Crippen LogP contribution in [0.4, 0.5) is 0 Å². The van der Waals surface area contributed by atoms with E-state index in [1.807, 2.05) is 6.07 Å². The third kappa shape index (κ3) is 9.77. The molecule has 0 amide bonds. The summed E-state index contributed by atoms with van der Waals surface area (Å²) in [6.07, 6.45) is -3.94. The molecule has 0 spiro atoms. The molecule has 0 aliphatic carbocycles. The van der Waals surface area contributed by atoms with E-state index in [4.69, 9.17) is 53.8 Å². The van der Waals surface area contributed by atoms with Gasteiger partial charge in [-0.25, -0.2) is 9.13 Å². The fourth-order valence-electron chi connectivity index (χ4n) is 2.96. The average Bonchev–Trinajstić information content (AvgIpc) is 3.25. The lowest BCUT2D eigenvalue weighted by atomic mass is 9.96. The van der Waals surface area contributed by atoms with Crippen LogP contribution < -0.4 is 0 Å². The van der Waals surface area contributed by atoms with Crippen molar-refractivity contribution in [2.45, 2.75) is 62.1 Å². The van der Waals surface area contributed by atoms with E-state index in [-0.39, 0.29) is 45.5 Å². The molecule has 4 radical (unpaired) electrons. The van der Waals surface area contributed by atoms with Crippen LogP contribution in [0.2, 0.25) is 0 Å². The van der Waals surface area contributed by atoms with Gasteiger partial charge >= 0.3 is 15.6 Å². The zero-order valence-corrected chi connectivity index (χ0v) is 19.4. The summed E-state index contributed by atoms with van der Waals surface area (Å²) in [7, 11) is 2.56. The Hall–Kier alpha value is -0.790. The van der Waals surface area contributed by atoms with E-state index in [0.29, 0.717) is 0 Å². The molecule has 0 aromatic carbocycles. The average molecular weight is 504 g/mol. The molecule has 8 atom stereocenters. The highest BCUT2D eigenvalue weighted by atomic mass is 31.2. The van der Waals surface area contributed by atoms with Crippen molar-refractivity contribution in [3.8, 4) is 12.1 Å². The number of nitriles is 2. The normalized spacial score (nSPS) is 33.1. The largest absolute Gasteiger partial charge is 0.475 e. The zero-order valence-electron chi connectivity index (χ0n) is 17.6. The molecule has 2 N–H and O–H groups in total. The fourth-order valence-corrected chi connectivity index (χ4v) is 5.09. The number of hydrogen-bond donors (Lipinski definition) is 2. The van der Waals surface area contributed by atoms with Crippen LogP contribution >= 0.6 is 15.6 Å². The van der Waals surface area contributed by atoms with E-state index in [1.165, 1.54) is 0 Å². The number of ether oxygens (including phenoxy) is 2. The van der Waals surface area contributed by atoms with Crippen LogP contribution in [0.25, 0.3) is 0 Å². The summed E-state index contributed by atoms with van der Waals surface area (Å²) in [4.78, 5) is 9.67. The van der Waals surface area contributed by atoms with Gasteiger partial charge in [0.05, 0.1) is 63.6 Å². The summed E-state index contributed by atoms with van der Waals surface area (Å²) in [5.74, 6) is 0. The SMILES string of the molecule is [B][C@H]1CC(O)[C@@H](COP(=O)(OCCC#N)OC2C[C@H]([B])O[C@@H]2COP(=O)(O)OCCC#N)O1. The van der Waals surface area contributed by atoms with Gasteiger partial charge in [-0.15, -0.1) is 0 Å². The van der Waals surface area contributed by atoms with Crippen LogP contribution in [0, 0.1) is 22.7 Å². The highest BCUT2D eigenvalue weighted by Crippen LogP contribution is 2.53. The lowest BCUT2D eigenvalue weighted by Crippen LogP contribution is -2.30. The molecule has 2 fully saturated rings. The molecule has 4 unspecified atom stereocenters. The molecule has 17 heteroatoms. The van der Waals surface area contributed by atoms with Gasteiger partial charge in [0, 0.05) is 12.0 Å². The number of phosphoric acid groups is 2. The number of hydrogen-bond acceptors (Lipinski definition) is 12. The Balaban J connectivity index is 1.99. The molecule has 0 aromatic rings. The molecule has 0 aromatic heterocycles. The second-order valence-corrected chi connectivity index (χ2v) is 10.2. The Morgan fingerprint density at radius 3 is 2.09 bits per heavy atom. The van der Waals surface area contributed by atoms with Gasteiger partial charge in [0.15, 0.2) is 0 Å². The van der Waals surface area contributed by atoms with Gasteiger partial charge in [0.25, 0.3) is 0 Å². The molecule has 13 nitrogen and oxygen atoms in total. The second-order valence-electron chi connectivity index (χ2n) is 7.10. The number of nitrogens with zero attached hydrogens (tertiary/aromatic N) is 2. The molecule has 2 rings (SSSR count). The molecular weight excluding hydrogens is 480 g/mol. The van der Waals surface area contributed by atoms with E-state index in [9.17, 15) is 19.1 Å². The van der Waals surface area contributed by atoms with Crippen LogP contribution in [0.15, 0.2) is 0 Å². The van der Waals surface area contributed by atoms with Gasteiger partial charge in [-0.3, -0.25) is 22.6 Å². The number of phosphoric ester groups is 2. The molecule has 2 saturated heterocycles. The topological polar surface area (TPSA) is 187 Å². The smallest absolute Gasteiger partial charge is 0.390 e. The number of aliphatic hydroxyl groups excluding tert-OH is 1. The molecular formula is C16H24B2N2O11P2. The summed E-state index contributed by atoms with van der Waals surface area (Å²) < 4.78 is 61.2. The van der Waals surface area contributed by atoms with Gasteiger partial charge in [0.1, 0.15) is 27.9 Å². The van der Waals surface area contributed by atoms with Crippen LogP contribution in [-0.2, 0) is 41.2 Å². The predicted molar refractivity (Wildman–Crippen MR) is 111 cm³/mol. The third-order valence-corrected chi connectivity index (χ3v) is 6.95. The first-order valence-electron chi connectivity index (χ1n) is 10.0. The van der Waals surface area contributed by atoms with Crippen LogP contribution in [0.3, 0.4) is 0 Å². The van der Waals surface area contributed by atoms with Crippen molar-refractivity contribution < 1.29 is 51.2 Å². The maximum atomic E-state index is 13.2. The maximum Gasteiger partial charge on any atom is 0.475 e. The van der Waals surface area contributed by atoms with Gasteiger partial charge in [0.2, 0.25) is 0 Å².